The van der Waals surface area contributed by atoms with Gasteiger partial charge in [-0.1, -0.05) is 0 Å². The smallest absolute Gasteiger partial charge is 0.223 e. The number of alkyl halides is 1. The Morgan fingerprint density at radius 1 is 1.59 bits per heavy atom. The van der Waals surface area contributed by atoms with E-state index < -0.39 is 30.2 Å². The van der Waals surface area contributed by atoms with Crippen LogP contribution in [0.25, 0.3) is 11.2 Å². The van der Waals surface area contributed by atoms with E-state index in [-0.39, 0.29) is 29.2 Å². The zero-order valence-electron chi connectivity index (χ0n) is 11.1. The minimum atomic E-state index is -2.05. The van der Waals surface area contributed by atoms with Gasteiger partial charge in [0, 0.05) is 6.42 Å². The lowest BCUT2D eigenvalue weighted by Gasteiger charge is -2.43. The van der Waals surface area contributed by atoms with Crippen LogP contribution in [0.5, 0.6) is 0 Å². The van der Waals surface area contributed by atoms with Gasteiger partial charge in [0.1, 0.15) is 23.3 Å². The molecule has 9 nitrogen and oxygen atoms in total. The maximum absolute atomic E-state index is 14.9. The van der Waals surface area contributed by atoms with E-state index >= 15 is 0 Å². The highest BCUT2D eigenvalue weighted by Crippen LogP contribution is 2.62. The van der Waals surface area contributed by atoms with Gasteiger partial charge in [-0.3, -0.25) is 4.57 Å². The minimum absolute atomic E-state index is 0.0306. The fourth-order valence-electron chi connectivity index (χ4n) is 3.26. The molecule has 1 aliphatic carbocycles. The molecule has 2 aromatic rings. The van der Waals surface area contributed by atoms with Gasteiger partial charge in [0.15, 0.2) is 23.2 Å². The number of imidazole rings is 1. The van der Waals surface area contributed by atoms with Gasteiger partial charge in [-0.2, -0.15) is 15.2 Å². The van der Waals surface area contributed by atoms with Crippen LogP contribution in [0.4, 0.5) is 10.3 Å². The SMILES string of the molecule is N#Cc1nc(N)nc2c1ncn2C1OC2(CO)CC1(F)C2O. The molecular formula is C12H11FN6O3. The Kier molecular flexibility index (Phi) is 2.36. The number of nitrogens with two attached hydrogens (primary N) is 1. The number of halogens is 1. The summed E-state index contributed by atoms with van der Waals surface area (Å²) in [5, 5.41) is 28.3. The van der Waals surface area contributed by atoms with Gasteiger partial charge in [0.25, 0.3) is 0 Å². The normalized spacial score (nSPS) is 36.3. The number of rotatable bonds is 2. The molecule has 10 heteroatoms. The van der Waals surface area contributed by atoms with Crippen LogP contribution < -0.4 is 5.73 Å². The average Bonchev–Trinajstić information content (AvgIpc) is 3.12. The molecule has 4 atom stereocenters. The molecule has 1 saturated carbocycles. The van der Waals surface area contributed by atoms with Gasteiger partial charge in [-0.25, -0.2) is 9.37 Å². The van der Waals surface area contributed by atoms with Crippen molar-refractivity contribution < 1.29 is 19.3 Å². The fraction of sp³-hybridized carbons (Fsp3) is 0.500. The number of aliphatic hydroxyl groups is 2. The Hall–Kier alpha value is -2.35. The summed E-state index contributed by atoms with van der Waals surface area (Å²) in [7, 11) is 0. The van der Waals surface area contributed by atoms with Crippen molar-refractivity contribution in [3.05, 3.63) is 12.0 Å². The van der Waals surface area contributed by atoms with Gasteiger partial charge < -0.3 is 20.7 Å². The maximum atomic E-state index is 14.9. The van der Waals surface area contributed by atoms with Gasteiger partial charge in [0.05, 0.1) is 12.9 Å². The first-order valence-corrected chi connectivity index (χ1v) is 6.51. The molecule has 2 aromatic heterocycles. The lowest BCUT2D eigenvalue weighted by Crippen LogP contribution is -2.63. The highest BCUT2D eigenvalue weighted by Gasteiger charge is 2.77. The number of anilines is 1. The number of fused-ring (bicyclic) bond motifs is 2. The quantitative estimate of drug-likeness (QED) is 0.642. The summed E-state index contributed by atoms with van der Waals surface area (Å²) >= 11 is 0. The van der Waals surface area contributed by atoms with Crippen LogP contribution in [0.3, 0.4) is 0 Å². The van der Waals surface area contributed by atoms with Crippen molar-refractivity contribution in [2.75, 3.05) is 12.3 Å². The summed E-state index contributed by atoms with van der Waals surface area (Å²) in [4.78, 5) is 11.7. The van der Waals surface area contributed by atoms with Crippen LogP contribution in [-0.4, -0.2) is 53.7 Å². The average molecular weight is 306 g/mol. The first kappa shape index (κ1) is 13.3. The monoisotopic (exact) mass is 306 g/mol. The Morgan fingerprint density at radius 2 is 2.36 bits per heavy atom. The molecule has 5 rings (SSSR count). The second kappa shape index (κ2) is 3.89. The van der Waals surface area contributed by atoms with E-state index in [4.69, 9.17) is 15.7 Å². The molecule has 2 bridgehead atoms. The predicted octanol–water partition coefficient (Wildman–Crippen LogP) is -0.987. The third-order valence-electron chi connectivity index (χ3n) is 4.34. The third kappa shape index (κ3) is 1.33. The molecule has 22 heavy (non-hydrogen) atoms. The molecule has 114 valence electrons. The van der Waals surface area contributed by atoms with E-state index in [2.05, 4.69) is 15.0 Å². The Labute approximate surface area is 122 Å². The summed E-state index contributed by atoms with van der Waals surface area (Å²) in [5.74, 6) is -0.151. The zero-order chi connectivity index (χ0) is 15.7. The van der Waals surface area contributed by atoms with Crippen LogP contribution in [0.1, 0.15) is 18.3 Å². The first-order chi connectivity index (χ1) is 10.4. The third-order valence-corrected chi connectivity index (χ3v) is 4.34. The zero-order valence-corrected chi connectivity index (χ0v) is 11.1. The first-order valence-electron chi connectivity index (χ1n) is 6.51. The van der Waals surface area contributed by atoms with E-state index in [1.807, 2.05) is 6.07 Å². The van der Waals surface area contributed by atoms with Crippen molar-refractivity contribution in [1.29, 1.82) is 5.26 Å². The van der Waals surface area contributed by atoms with E-state index in [0.29, 0.717) is 0 Å². The van der Waals surface area contributed by atoms with Crippen molar-refractivity contribution in [3.8, 4) is 6.07 Å². The molecule has 0 spiro atoms. The maximum Gasteiger partial charge on any atom is 0.223 e. The molecule has 3 fully saturated rings. The second-order valence-electron chi connectivity index (χ2n) is 5.57. The molecule has 4 unspecified atom stereocenters. The number of nitriles is 1. The van der Waals surface area contributed by atoms with Crippen LogP contribution in [-0.2, 0) is 4.74 Å². The number of nitrogen functional groups attached to an aromatic ring is 1. The van der Waals surface area contributed by atoms with Crippen LogP contribution >= 0.6 is 0 Å². The predicted molar refractivity (Wildman–Crippen MR) is 68.9 cm³/mol. The van der Waals surface area contributed by atoms with Gasteiger partial charge >= 0.3 is 0 Å². The molecule has 0 amide bonds. The van der Waals surface area contributed by atoms with E-state index in [1.54, 1.807) is 0 Å². The Bertz CT molecular complexity index is 834. The Morgan fingerprint density at radius 3 is 2.95 bits per heavy atom. The highest BCUT2D eigenvalue weighted by atomic mass is 19.1. The van der Waals surface area contributed by atoms with Crippen molar-refractivity contribution >= 4 is 17.1 Å². The summed E-state index contributed by atoms with van der Waals surface area (Å²) in [6.45, 7) is -0.496. The van der Waals surface area contributed by atoms with Crippen molar-refractivity contribution in [2.45, 2.75) is 30.0 Å². The van der Waals surface area contributed by atoms with E-state index in [9.17, 15) is 14.6 Å². The molecule has 4 heterocycles. The number of aromatic nitrogens is 4. The lowest BCUT2D eigenvalue weighted by atomic mass is 9.68. The van der Waals surface area contributed by atoms with Crippen LogP contribution in [0.15, 0.2) is 6.33 Å². The van der Waals surface area contributed by atoms with Gasteiger partial charge in [-0.05, 0) is 0 Å². The van der Waals surface area contributed by atoms with Crippen molar-refractivity contribution in [3.63, 3.8) is 0 Å². The molecule has 4 N–H and O–H groups in total. The van der Waals surface area contributed by atoms with E-state index in [0.717, 1.165) is 0 Å². The number of aliphatic hydroxyl groups excluding tert-OH is 2. The number of hydrogen-bond acceptors (Lipinski definition) is 8. The summed E-state index contributed by atoms with van der Waals surface area (Å²) < 4.78 is 21.6. The Balaban J connectivity index is 1.87. The van der Waals surface area contributed by atoms with Crippen LogP contribution in [0, 0.1) is 11.3 Å². The molecular weight excluding hydrogens is 295 g/mol. The van der Waals surface area contributed by atoms with Gasteiger partial charge in [-0.15, -0.1) is 0 Å². The lowest BCUT2D eigenvalue weighted by molar-refractivity contribution is -0.167. The number of hydrogen-bond donors (Lipinski definition) is 3. The summed E-state index contributed by atoms with van der Waals surface area (Å²) in [6, 6.07) is 1.84. The molecule has 3 aliphatic rings. The standard InChI is InChI=1S/C12H11FN6O3/c13-12-2-11(3-20,8(12)21)22-9(12)19-4-16-6-5(1-14)17-10(15)18-7(6)19/h4,8-9,20-21H,2-3H2,(H2,15,17,18). The highest BCUT2D eigenvalue weighted by molar-refractivity contribution is 5.77. The fourth-order valence-corrected chi connectivity index (χ4v) is 3.26. The van der Waals surface area contributed by atoms with Crippen molar-refractivity contribution in [2.24, 2.45) is 0 Å². The summed E-state index contributed by atoms with van der Waals surface area (Å²) in [5.41, 5.74) is 2.45. The molecule has 0 aromatic carbocycles. The molecule has 2 aliphatic heterocycles. The summed E-state index contributed by atoms with van der Waals surface area (Å²) in [6.07, 6.45) is -1.53. The van der Waals surface area contributed by atoms with E-state index in [1.165, 1.54) is 10.9 Å². The van der Waals surface area contributed by atoms with Crippen LogP contribution in [0.2, 0.25) is 0 Å². The molecule has 2 saturated heterocycles. The van der Waals surface area contributed by atoms with Crippen molar-refractivity contribution in [1.82, 2.24) is 19.5 Å². The second-order valence-corrected chi connectivity index (χ2v) is 5.57. The topological polar surface area (TPSA) is 143 Å². The minimum Gasteiger partial charge on any atom is -0.393 e. The molecule has 0 radical (unpaired) electrons. The van der Waals surface area contributed by atoms with Gasteiger partial charge in [0.2, 0.25) is 5.95 Å². The number of ether oxygens (including phenoxy) is 1. The largest absolute Gasteiger partial charge is 0.393 e. The number of nitrogens with zero attached hydrogens (tertiary/aromatic N) is 5.